The minimum atomic E-state index is -4.09. The Morgan fingerprint density at radius 3 is 1.00 bits per heavy atom. The fourth-order valence-electron chi connectivity index (χ4n) is 1.57. The van der Waals surface area contributed by atoms with Crippen molar-refractivity contribution in [1.82, 2.24) is 0 Å². The van der Waals surface area contributed by atoms with Crippen molar-refractivity contribution >= 4 is 101 Å². The lowest BCUT2D eigenvalue weighted by Crippen LogP contribution is -2.23. The number of ether oxygens (including phenoxy) is 2. The number of aliphatic carboxylic acids is 2. The van der Waals surface area contributed by atoms with Crippen molar-refractivity contribution in [3.8, 4) is 0 Å². The molecule has 0 aromatic carbocycles. The smallest absolute Gasteiger partial charge is 0.353 e. The third-order valence-corrected chi connectivity index (χ3v) is 11.1. The van der Waals surface area contributed by atoms with Crippen molar-refractivity contribution in [3.63, 3.8) is 0 Å². The van der Waals surface area contributed by atoms with Gasteiger partial charge in [-0.2, -0.15) is 0 Å². The van der Waals surface area contributed by atoms with Crippen LogP contribution in [0.25, 0.3) is 0 Å². The minimum Gasteiger partial charge on any atom is -0.481 e. The van der Waals surface area contributed by atoms with E-state index in [9.17, 15) is 41.8 Å². The molecule has 0 bridgehead atoms. The van der Waals surface area contributed by atoms with Crippen molar-refractivity contribution in [2.75, 3.05) is 80.0 Å². The third-order valence-electron chi connectivity index (χ3n) is 3.87. The molecular weight excluding hydrogens is 1050 g/mol. The summed E-state index contributed by atoms with van der Waals surface area (Å²) in [6.07, 6.45) is -6.68. The highest BCUT2D eigenvalue weighted by Gasteiger charge is 2.29. The SMILES string of the molecule is COP(=O)(O)CC(=O)O.COP(=O)(O)CC(=O)O.COP(=O)(O)CC(=O)OC(O)CP(=O)(O)OC.COP(=O)(O)COCP(=O)(O)OC.II. The van der Waals surface area contributed by atoms with Crippen LogP contribution in [0.2, 0.25) is 0 Å². The summed E-state index contributed by atoms with van der Waals surface area (Å²) < 4.78 is 97.3. The van der Waals surface area contributed by atoms with Gasteiger partial charge in [-0.05, 0) is 0 Å². The van der Waals surface area contributed by atoms with E-state index in [1.165, 1.54) is 0 Å². The summed E-state index contributed by atoms with van der Waals surface area (Å²) in [4.78, 5) is 82.8. The number of carbonyl (C=O) groups is 3. The van der Waals surface area contributed by atoms with Gasteiger partial charge in [-0.3, -0.25) is 41.8 Å². The van der Waals surface area contributed by atoms with Gasteiger partial charge in [-0.1, -0.05) is 0 Å². The van der Waals surface area contributed by atoms with Crippen LogP contribution in [-0.2, 0) is 78.4 Å². The van der Waals surface area contributed by atoms with Gasteiger partial charge in [0.2, 0.25) is 6.29 Å². The molecule has 0 spiro atoms. The Bertz CT molecular complexity index is 1220. The number of hydrogen-bond donors (Lipinski definition) is 9. The largest absolute Gasteiger partial charge is 0.481 e. The van der Waals surface area contributed by atoms with E-state index in [-0.39, 0.29) is 0 Å². The summed E-state index contributed by atoms with van der Waals surface area (Å²) in [6, 6.07) is 0. The number of aliphatic hydroxyl groups is 1. The summed E-state index contributed by atoms with van der Waals surface area (Å²) in [5.74, 6) is -3.92. The Balaban J connectivity index is -0.000000183. The quantitative estimate of drug-likeness (QED) is 0.0384. The van der Waals surface area contributed by atoms with Crippen LogP contribution in [0.15, 0.2) is 0 Å². The maximum Gasteiger partial charge on any atom is 0.353 e. The zero-order chi connectivity index (χ0) is 41.2. The molecule has 0 saturated heterocycles. The number of carbonyl (C=O) groups excluding carboxylic acids is 1. The number of hydrogen-bond acceptors (Lipinski definition) is 18. The van der Waals surface area contributed by atoms with E-state index in [0.717, 1.165) is 42.7 Å². The molecule has 0 aliphatic heterocycles. The molecule has 0 aromatic rings. The van der Waals surface area contributed by atoms with Gasteiger partial charge in [0.15, 0.2) is 0 Å². The standard InChI is InChI=1S/C6H14O9P2.C4H12O7P2.2C3H7O5P.I2/c1-13-16(9,10)3-5(7)15-6(8)4-17(11,12)14-2;1-9-12(5,6)3-11-4-13(7,8)10-2;2*1-8-9(6,7)2-3(4)5;1-2/h5,7H,3-4H2,1-2H3,(H,9,10)(H,11,12);3-4H2,1-2H3,(H,5,6)(H,7,8);2*2H2,1H3,(H,4,5)(H,6,7);. The highest BCUT2D eigenvalue weighted by atomic mass is 128. The molecule has 9 N–H and O–H groups in total. The lowest BCUT2D eigenvalue weighted by atomic mass is 10.7. The summed E-state index contributed by atoms with van der Waals surface area (Å²) in [5.41, 5.74) is 0. The Kier molecular flexibility index (Phi) is 35.9. The second-order valence-corrected chi connectivity index (χ2v) is 19.4. The Morgan fingerprint density at radius 2 is 0.780 bits per heavy atom. The zero-order valence-corrected chi connectivity index (χ0v) is 36.4. The fourth-order valence-corrected chi connectivity index (χ4v) is 4.66. The van der Waals surface area contributed by atoms with Gasteiger partial charge in [0.05, 0.1) is 0 Å². The summed E-state index contributed by atoms with van der Waals surface area (Å²) in [5, 5.41) is 25.0. The molecule has 0 amide bonds. The van der Waals surface area contributed by atoms with Crippen molar-refractivity contribution in [3.05, 3.63) is 0 Å². The maximum atomic E-state index is 11.0. The molecule has 0 saturated carbocycles. The van der Waals surface area contributed by atoms with Gasteiger partial charge in [-0.15, -0.1) is 0 Å². The lowest BCUT2D eigenvalue weighted by Gasteiger charge is -2.15. The number of esters is 1. The number of aliphatic hydroxyl groups excluding tert-OH is 1. The first-order valence-electron chi connectivity index (χ1n) is 11.7. The predicted molar refractivity (Wildman–Crippen MR) is 187 cm³/mol. The molecule has 34 heteroatoms. The van der Waals surface area contributed by atoms with E-state index in [0.29, 0.717) is 0 Å². The molecule has 0 aliphatic carbocycles. The van der Waals surface area contributed by atoms with Crippen molar-refractivity contribution in [2.24, 2.45) is 0 Å². The van der Waals surface area contributed by atoms with E-state index in [4.69, 9.17) is 44.7 Å². The first kappa shape index (κ1) is 60.0. The van der Waals surface area contributed by atoms with Crippen molar-refractivity contribution < 1.29 is 123 Å². The number of carboxylic acid groups (broad SMARTS) is 2. The van der Waals surface area contributed by atoms with E-state index in [1.54, 1.807) is 0 Å². The van der Waals surface area contributed by atoms with Crippen LogP contribution in [0.1, 0.15) is 0 Å². The van der Waals surface area contributed by atoms with Crippen LogP contribution in [0, 0.1) is 0 Å². The highest BCUT2D eigenvalue weighted by Crippen LogP contribution is 2.45. The molecular formula is C16H40I2O26P6. The normalized spacial score (nSPS) is 18.3. The first-order valence-corrected chi connectivity index (χ1v) is 28.5. The molecule has 0 radical (unpaired) electrons. The van der Waals surface area contributed by atoms with Gasteiger partial charge >= 0.3 is 63.5 Å². The number of halogens is 2. The van der Waals surface area contributed by atoms with E-state index >= 15 is 0 Å². The summed E-state index contributed by atoms with van der Waals surface area (Å²) in [6.45, 7) is 0. The molecule has 7 atom stereocenters. The van der Waals surface area contributed by atoms with Crippen LogP contribution in [-0.4, -0.2) is 149 Å². The average molecular weight is 1090 g/mol. The van der Waals surface area contributed by atoms with Crippen LogP contribution in [0.3, 0.4) is 0 Å². The molecule has 26 nitrogen and oxygen atoms in total. The Morgan fingerprint density at radius 1 is 0.520 bits per heavy atom. The molecule has 50 heavy (non-hydrogen) atoms. The summed E-state index contributed by atoms with van der Waals surface area (Å²) in [7, 11) is -17.4. The average Bonchev–Trinajstić information content (AvgIpc) is 2.97. The molecule has 0 heterocycles. The van der Waals surface area contributed by atoms with Gasteiger partial charge in [0.25, 0.3) is 0 Å². The highest BCUT2D eigenvalue weighted by molar-refractivity contribution is 15.0. The van der Waals surface area contributed by atoms with Gasteiger partial charge in [0, 0.05) is 79.9 Å². The molecule has 0 fully saturated rings. The fraction of sp³-hybridized carbons (Fsp3) is 0.812. The first-order chi connectivity index (χ1) is 22.4. The topological polar surface area (TPSA) is 410 Å². The van der Waals surface area contributed by atoms with Crippen LogP contribution >= 0.6 is 82.8 Å². The van der Waals surface area contributed by atoms with Gasteiger partial charge in [0.1, 0.15) is 37.3 Å². The molecule has 0 aromatic heterocycles. The minimum absolute atomic E-state index is 0.641. The molecule has 304 valence electrons. The Labute approximate surface area is 308 Å². The summed E-state index contributed by atoms with van der Waals surface area (Å²) >= 11 is 4.24. The van der Waals surface area contributed by atoms with Crippen LogP contribution < -0.4 is 0 Å². The molecule has 7 unspecified atom stereocenters. The number of rotatable bonds is 19. The Hall–Kier alpha value is 0.690. The zero-order valence-electron chi connectivity index (χ0n) is 26.7. The molecule has 0 rings (SSSR count). The second-order valence-electron chi connectivity index (χ2n) is 7.77. The van der Waals surface area contributed by atoms with Crippen molar-refractivity contribution in [1.29, 1.82) is 0 Å². The van der Waals surface area contributed by atoms with Gasteiger partial charge in [-0.25, -0.2) is 0 Å². The van der Waals surface area contributed by atoms with Crippen molar-refractivity contribution in [2.45, 2.75) is 6.29 Å². The van der Waals surface area contributed by atoms with Gasteiger partial charge < -0.3 is 81.3 Å². The second kappa shape index (κ2) is 30.0. The van der Waals surface area contributed by atoms with E-state index in [1.807, 2.05) is 0 Å². The van der Waals surface area contributed by atoms with E-state index < -0.39 is 107 Å². The van der Waals surface area contributed by atoms with Crippen LogP contribution in [0.5, 0.6) is 0 Å². The monoisotopic (exact) mass is 1090 g/mol. The predicted octanol–water partition coefficient (Wildman–Crippen LogP) is 1.67. The number of carboxylic acids is 2. The molecule has 0 aliphatic rings. The van der Waals surface area contributed by atoms with Crippen LogP contribution in [0.4, 0.5) is 0 Å². The maximum absolute atomic E-state index is 11.0. The lowest BCUT2D eigenvalue weighted by molar-refractivity contribution is -0.161. The van der Waals surface area contributed by atoms with E-state index in [2.05, 4.69) is 73.8 Å². The third kappa shape index (κ3) is 43.1.